The van der Waals surface area contributed by atoms with E-state index in [0.717, 1.165) is 47.9 Å². The Bertz CT molecular complexity index is 1020. The van der Waals surface area contributed by atoms with Gasteiger partial charge in [0.05, 0.1) is 0 Å². The first-order valence-electron chi connectivity index (χ1n) is 12.6. The normalized spacial score (nSPS) is 16.0. The molecule has 1 saturated carbocycles. The summed E-state index contributed by atoms with van der Waals surface area (Å²) in [6.45, 7) is 2.25. The molecule has 0 spiro atoms. The number of rotatable bonds is 12. The number of hydrogen-bond acceptors (Lipinski definition) is 4. The second-order valence-corrected chi connectivity index (χ2v) is 9.65. The number of fused-ring (bicyclic) bond motifs is 3. The monoisotopic (exact) mass is 478 g/mol. The van der Waals surface area contributed by atoms with Crippen LogP contribution in [0, 0.1) is 5.92 Å². The van der Waals surface area contributed by atoms with E-state index < -0.39 is 24.1 Å². The van der Waals surface area contributed by atoms with E-state index in [-0.39, 0.29) is 24.9 Å². The van der Waals surface area contributed by atoms with E-state index in [1.807, 2.05) is 31.2 Å². The number of amides is 2. The van der Waals surface area contributed by atoms with Crippen LogP contribution in [0.5, 0.6) is 0 Å². The zero-order chi connectivity index (χ0) is 24.8. The Morgan fingerprint density at radius 3 is 2.20 bits per heavy atom. The number of carbonyl (C=O) groups excluding carboxylic acids is 2. The highest BCUT2D eigenvalue weighted by atomic mass is 16.5. The summed E-state index contributed by atoms with van der Waals surface area (Å²) in [5.41, 5.74) is 4.60. The van der Waals surface area contributed by atoms with E-state index >= 15 is 0 Å². The number of nitrogens with one attached hydrogen (secondary N) is 2. The summed E-state index contributed by atoms with van der Waals surface area (Å²) in [5.74, 6) is -1.03. The van der Waals surface area contributed by atoms with Gasteiger partial charge in [0.25, 0.3) is 0 Å². The third-order valence-electron chi connectivity index (χ3n) is 6.90. The number of hydrogen-bond donors (Lipinski definition) is 3. The predicted octanol–water partition coefficient (Wildman–Crippen LogP) is 4.84. The van der Waals surface area contributed by atoms with Gasteiger partial charge in [-0.3, -0.25) is 4.79 Å². The fourth-order valence-electron chi connectivity index (χ4n) is 4.87. The van der Waals surface area contributed by atoms with Gasteiger partial charge < -0.3 is 20.5 Å². The molecule has 2 aliphatic rings. The van der Waals surface area contributed by atoms with Crippen molar-refractivity contribution < 1.29 is 24.2 Å². The summed E-state index contributed by atoms with van der Waals surface area (Å²) in [6, 6.07) is 15.0. The molecule has 186 valence electrons. The van der Waals surface area contributed by atoms with Crippen molar-refractivity contribution in [2.24, 2.45) is 5.92 Å². The molecule has 2 aromatic rings. The van der Waals surface area contributed by atoms with E-state index in [1.165, 1.54) is 0 Å². The summed E-state index contributed by atoms with van der Waals surface area (Å²) < 4.78 is 5.64. The minimum Gasteiger partial charge on any atom is -0.480 e. The van der Waals surface area contributed by atoms with Crippen molar-refractivity contribution in [3.63, 3.8) is 0 Å². The molecule has 3 N–H and O–H groups in total. The number of carboxylic acids is 1. The van der Waals surface area contributed by atoms with E-state index in [9.17, 15) is 19.5 Å². The number of carboxylic acid groups (broad SMARTS) is 1. The van der Waals surface area contributed by atoms with Gasteiger partial charge in [-0.1, -0.05) is 81.1 Å². The van der Waals surface area contributed by atoms with Gasteiger partial charge in [0.2, 0.25) is 5.91 Å². The van der Waals surface area contributed by atoms with Crippen LogP contribution in [0.3, 0.4) is 0 Å². The molecule has 1 unspecified atom stereocenters. The van der Waals surface area contributed by atoms with Crippen molar-refractivity contribution in [2.75, 3.05) is 6.61 Å². The number of benzene rings is 2. The van der Waals surface area contributed by atoms with Crippen molar-refractivity contribution in [1.29, 1.82) is 0 Å². The number of unbranched alkanes of at least 4 members (excludes halogenated alkanes) is 1. The lowest BCUT2D eigenvalue weighted by atomic mass is 9.98. The van der Waals surface area contributed by atoms with E-state index in [1.54, 1.807) is 0 Å². The number of ether oxygens (including phenoxy) is 1. The number of aliphatic carboxylic acids is 1. The molecule has 2 atom stereocenters. The average molecular weight is 479 g/mol. The molecule has 7 nitrogen and oxygen atoms in total. The van der Waals surface area contributed by atoms with Gasteiger partial charge in [0.1, 0.15) is 12.6 Å². The highest BCUT2D eigenvalue weighted by Gasteiger charge is 2.31. The lowest BCUT2D eigenvalue weighted by Crippen LogP contribution is -2.45. The zero-order valence-corrected chi connectivity index (χ0v) is 20.2. The summed E-state index contributed by atoms with van der Waals surface area (Å²) in [7, 11) is 0. The summed E-state index contributed by atoms with van der Waals surface area (Å²) in [5, 5.41) is 14.9. The Morgan fingerprint density at radius 2 is 1.63 bits per heavy atom. The van der Waals surface area contributed by atoms with Gasteiger partial charge in [-0.2, -0.15) is 0 Å². The molecule has 0 aliphatic heterocycles. The summed E-state index contributed by atoms with van der Waals surface area (Å²) >= 11 is 0. The maximum absolute atomic E-state index is 12.7. The Morgan fingerprint density at radius 1 is 1.00 bits per heavy atom. The first-order valence-corrected chi connectivity index (χ1v) is 12.6. The molecule has 0 saturated heterocycles. The van der Waals surface area contributed by atoms with Crippen LogP contribution in [0.25, 0.3) is 11.1 Å². The minimum absolute atomic E-state index is 0.0264. The van der Waals surface area contributed by atoms with Gasteiger partial charge in [-0.15, -0.1) is 0 Å². The topological polar surface area (TPSA) is 105 Å². The van der Waals surface area contributed by atoms with Crippen LogP contribution >= 0.6 is 0 Å². The SMILES string of the molecule is CCCCC(CC(=O)N[C@@H](CC1CC1)C(=O)O)NC(=O)OCC1c2ccccc2-c2ccccc21. The van der Waals surface area contributed by atoms with E-state index in [0.29, 0.717) is 18.8 Å². The molecule has 0 heterocycles. The molecule has 4 rings (SSSR count). The Labute approximate surface area is 206 Å². The molecule has 0 aromatic heterocycles. The number of alkyl carbamates (subject to hydrolysis) is 1. The van der Waals surface area contributed by atoms with Crippen LogP contribution in [0.15, 0.2) is 48.5 Å². The van der Waals surface area contributed by atoms with Crippen molar-refractivity contribution in [3.05, 3.63) is 59.7 Å². The van der Waals surface area contributed by atoms with Crippen LogP contribution in [-0.2, 0) is 14.3 Å². The molecular weight excluding hydrogens is 444 g/mol. The fraction of sp³-hybridized carbons (Fsp3) is 0.464. The van der Waals surface area contributed by atoms with Crippen molar-refractivity contribution in [2.45, 2.75) is 69.9 Å². The Hall–Kier alpha value is -3.35. The van der Waals surface area contributed by atoms with Crippen LogP contribution < -0.4 is 10.6 Å². The van der Waals surface area contributed by atoms with Gasteiger partial charge in [0.15, 0.2) is 0 Å². The molecule has 2 aromatic carbocycles. The van der Waals surface area contributed by atoms with Crippen LogP contribution in [0.1, 0.15) is 68.9 Å². The van der Waals surface area contributed by atoms with E-state index in [4.69, 9.17) is 4.74 Å². The third-order valence-corrected chi connectivity index (χ3v) is 6.90. The fourth-order valence-corrected chi connectivity index (χ4v) is 4.87. The van der Waals surface area contributed by atoms with Gasteiger partial charge in [0, 0.05) is 18.4 Å². The van der Waals surface area contributed by atoms with Gasteiger partial charge in [-0.05, 0) is 41.0 Å². The van der Waals surface area contributed by atoms with Crippen LogP contribution in [0.2, 0.25) is 0 Å². The molecule has 0 bridgehead atoms. The zero-order valence-electron chi connectivity index (χ0n) is 20.2. The first-order chi connectivity index (χ1) is 17.0. The Balaban J connectivity index is 1.34. The second kappa shape index (κ2) is 11.4. The largest absolute Gasteiger partial charge is 0.480 e. The summed E-state index contributed by atoms with van der Waals surface area (Å²) in [6.07, 6.45) is 4.34. The van der Waals surface area contributed by atoms with Crippen molar-refractivity contribution in [3.8, 4) is 11.1 Å². The molecule has 1 fully saturated rings. The third kappa shape index (κ3) is 6.41. The minimum atomic E-state index is -1.01. The maximum atomic E-state index is 12.7. The second-order valence-electron chi connectivity index (χ2n) is 9.65. The van der Waals surface area contributed by atoms with E-state index in [2.05, 4.69) is 34.9 Å². The predicted molar refractivity (Wildman–Crippen MR) is 133 cm³/mol. The van der Waals surface area contributed by atoms with Gasteiger partial charge in [-0.25, -0.2) is 9.59 Å². The maximum Gasteiger partial charge on any atom is 0.407 e. The molecule has 7 heteroatoms. The van der Waals surface area contributed by atoms with Gasteiger partial charge >= 0.3 is 12.1 Å². The lowest BCUT2D eigenvalue weighted by molar-refractivity contribution is -0.142. The number of carbonyl (C=O) groups is 3. The molecular formula is C28H34N2O5. The Kier molecular flexibility index (Phi) is 8.06. The smallest absolute Gasteiger partial charge is 0.407 e. The molecule has 2 amide bonds. The molecule has 0 radical (unpaired) electrons. The standard InChI is InChI=1S/C28H34N2O5/c1-2-3-8-19(16-26(31)30-25(27(32)33)15-18-13-14-18)29-28(34)35-17-24-22-11-6-4-9-20(22)21-10-5-7-12-23(21)24/h4-7,9-12,18-19,24-25H,2-3,8,13-17H2,1H3,(H,29,34)(H,30,31)(H,32,33)/t19?,25-/m0/s1. The van der Waals surface area contributed by atoms with Crippen molar-refractivity contribution >= 4 is 18.0 Å². The summed E-state index contributed by atoms with van der Waals surface area (Å²) in [4.78, 5) is 36.8. The molecule has 2 aliphatic carbocycles. The highest BCUT2D eigenvalue weighted by molar-refractivity contribution is 5.84. The lowest BCUT2D eigenvalue weighted by Gasteiger charge is -2.21. The first kappa shape index (κ1) is 24.8. The average Bonchev–Trinajstić information content (AvgIpc) is 3.61. The molecule has 35 heavy (non-hydrogen) atoms. The van der Waals surface area contributed by atoms with Crippen LogP contribution in [0.4, 0.5) is 4.79 Å². The highest BCUT2D eigenvalue weighted by Crippen LogP contribution is 2.44. The van der Waals surface area contributed by atoms with Crippen LogP contribution in [-0.4, -0.2) is 41.8 Å². The van der Waals surface area contributed by atoms with Crippen molar-refractivity contribution in [1.82, 2.24) is 10.6 Å². The quantitative estimate of drug-likeness (QED) is 0.405.